The number of fused-ring (bicyclic) bond motifs is 1. The number of rotatable bonds is 2. The van der Waals surface area contributed by atoms with Crippen molar-refractivity contribution < 1.29 is 4.79 Å². The first-order valence-electron chi connectivity index (χ1n) is 5.81. The van der Waals surface area contributed by atoms with Crippen molar-refractivity contribution in [2.45, 2.75) is 0 Å². The first-order valence-corrected chi connectivity index (χ1v) is 6.63. The van der Waals surface area contributed by atoms with Gasteiger partial charge in [0, 0.05) is 16.5 Å². The lowest BCUT2D eigenvalue weighted by molar-refractivity contribution is 0.1000. The molecule has 0 aliphatic heterocycles. The fourth-order valence-electron chi connectivity index (χ4n) is 1.82. The Balaban J connectivity index is 2.22. The maximum absolute atomic E-state index is 12.0. The van der Waals surface area contributed by atoms with Gasteiger partial charge in [-0.3, -0.25) is 14.6 Å². The van der Waals surface area contributed by atoms with Crippen LogP contribution in [0.5, 0.6) is 0 Å². The van der Waals surface area contributed by atoms with Crippen LogP contribution in [0.2, 0.25) is 0 Å². The number of nitrogens with two attached hydrogens (primary N) is 1. The summed E-state index contributed by atoms with van der Waals surface area (Å²) in [6.07, 6.45) is 1.48. The van der Waals surface area contributed by atoms with Crippen molar-refractivity contribution in [1.29, 1.82) is 0 Å². The summed E-state index contributed by atoms with van der Waals surface area (Å²) in [6.45, 7) is 0. The van der Waals surface area contributed by atoms with Gasteiger partial charge in [-0.25, -0.2) is 0 Å². The molecule has 1 aromatic carbocycles. The van der Waals surface area contributed by atoms with E-state index < -0.39 is 5.91 Å². The summed E-state index contributed by atoms with van der Waals surface area (Å²) in [7, 11) is 0. The van der Waals surface area contributed by atoms with Crippen LogP contribution < -0.4 is 11.3 Å². The fourth-order valence-corrected chi connectivity index (χ4v) is 2.79. The van der Waals surface area contributed by atoms with Gasteiger partial charge in [-0.15, -0.1) is 11.3 Å². The molecule has 2 N–H and O–H groups in total. The molecule has 0 aliphatic rings. The molecule has 0 spiro atoms. The lowest BCUT2D eigenvalue weighted by atomic mass is 10.2. The number of primary amides is 1. The predicted molar refractivity (Wildman–Crippen MR) is 77.6 cm³/mol. The Morgan fingerprint density at radius 1 is 1.20 bits per heavy atom. The topological polar surface area (TPSA) is 85.9 Å². The third-order valence-electron chi connectivity index (χ3n) is 2.79. The normalized spacial score (nSPS) is 10.6. The molecular formula is C14H9N3O2S. The summed E-state index contributed by atoms with van der Waals surface area (Å²) in [5.41, 5.74) is 5.74. The molecule has 0 saturated carbocycles. The lowest BCUT2D eigenvalue weighted by Crippen LogP contribution is -2.11. The molecule has 0 aliphatic carbocycles. The summed E-state index contributed by atoms with van der Waals surface area (Å²) in [4.78, 5) is 31.3. The molecule has 0 radical (unpaired) electrons. The van der Waals surface area contributed by atoms with Crippen LogP contribution in [0.25, 0.3) is 20.8 Å². The quantitative estimate of drug-likeness (QED) is 0.777. The zero-order valence-electron chi connectivity index (χ0n) is 10.2. The third kappa shape index (κ3) is 2.17. The highest BCUT2D eigenvalue weighted by molar-refractivity contribution is 7.21. The van der Waals surface area contributed by atoms with Crippen molar-refractivity contribution in [3.05, 3.63) is 58.5 Å². The van der Waals surface area contributed by atoms with Crippen molar-refractivity contribution in [2.75, 3.05) is 0 Å². The van der Waals surface area contributed by atoms with Crippen molar-refractivity contribution >= 4 is 27.3 Å². The highest BCUT2D eigenvalue weighted by atomic mass is 32.1. The standard InChI is InChI=1S/C14H9N3O2S/c15-12(18)8-5-6-16-10(7-8)14-17-13(19)9-3-1-2-4-11(9)20-14/h1-7H,(H2,15,18). The number of aromatic nitrogens is 2. The SMILES string of the molecule is NC(=O)c1ccnc(-c2nc(=O)c3ccccc3s2)c1. The number of hydrogen-bond acceptors (Lipinski definition) is 5. The van der Waals surface area contributed by atoms with Crippen molar-refractivity contribution in [3.8, 4) is 10.7 Å². The monoisotopic (exact) mass is 283 g/mol. The Labute approximate surface area is 117 Å². The van der Waals surface area contributed by atoms with Crippen molar-refractivity contribution in [1.82, 2.24) is 9.97 Å². The number of carbonyl (C=O) groups excluding carboxylic acids is 1. The van der Waals surface area contributed by atoms with E-state index in [0.717, 1.165) is 4.70 Å². The van der Waals surface area contributed by atoms with E-state index in [1.165, 1.54) is 29.7 Å². The highest BCUT2D eigenvalue weighted by Crippen LogP contribution is 2.24. The molecule has 0 atom stereocenters. The zero-order chi connectivity index (χ0) is 14.1. The van der Waals surface area contributed by atoms with E-state index in [1.807, 2.05) is 12.1 Å². The van der Waals surface area contributed by atoms with Crippen molar-refractivity contribution in [3.63, 3.8) is 0 Å². The molecule has 0 saturated heterocycles. The average Bonchev–Trinajstić information content (AvgIpc) is 2.47. The van der Waals surface area contributed by atoms with Gasteiger partial charge in [0.15, 0.2) is 0 Å². The molecule has 2 heterocycles. The van der Waals surface area contributed by atoms with Gasteiger partial charge >= 0.3 is 0 Å². The molecule has 6 heteroatoms. The molecule has 5 nitrogen and oxygen atoms in total. The maximum atomic E-state index is 12.0. The van der Waals surface area contributed by atoms with Gasteiger partial charge < -0.3 is 5.73 Å². The molecule has 98 valence electrons. The smallest absolute Gasteiger partial charge is 0.279 e. The van der Waals surface area contributed by atoms with Gasteiger partial charge in [0.1, 0.15) is 5.01 Å². The second-order valence-electron chi connectivity index (χ2n) is 4.11. The highest BCUT2D eigenvalue weighted by Gasteiger charge is 2.09. The van der Waals surface area contributed by atoms with Crippen LogP contribution in [0.3, 0.4) is 0 Å². The minimum atomic E-state index is -0.540. The lowest BCUT2D eigenvalue weighted by Gasteiger charge is -2.02. The Kier molecular flexibility index (Phi) is 3.00. The van der Waals surface area contributed by atoms with E-state index in [1.54, 1.807) is 12.1 Å². The Hall–Kier alpha value is -2.60. The first-order chi connectivity index (χ1) is 9.65. The molecule has 0 unspecified atom stereocenters. The Morgan fingerprint density at radius 3 is 2.80 bits per heavy atom. The molecular weight excluding hydrogens is 274 g/mol. The van der Waals surface area contributed by atoms with Gasteiger partial charge in [-0.1, -0.05) is 12.1 Å². The van der Waals surface area contributed by atoms with Crippen LogP contribution in [0.15, 0.2) is 47.4 Å². The van der Waals surface area contributed by atoms with E-state index in [0.29, 0.717) is 21.7 Å². The van der Waals surface area contributed by atoms with Crippen LogP contribution in [-0.4, -0.2) is 15.9 Å². The molecule has 3 rings (SSSR count). The molecule has 20 heavy (non-hydrogen) atoms. The number of benzene rings is 1. The number of nitrogens with zero attached hydrogens (tertiary/aromatic N) is 2. The van der Waals surface area contributed by atoms with Crippen LogP contribution >= 0.6 is 11.3 Å². The van der Waals surface area contributed by atoms with Crippen LogP contribution in [-0.2, 0) is 0 Å². The van der Waals surface area contributed by atoms with Crippen LogP contribution in [0.4, 0.5) is 0 Å². The van der Waals surface area contributed by atoms with E-state index in [4.69, 9.17) is 5.73 Å². The minimum Gasteiger partial charge on any atom is -0.366 e. The summed E-state index contributed by atoms with van der Waals surface area (Å²) in [5, 5.41) is 1.05. The van der Waals surface area contributed by atoms with E-state index in [2.05, 4.69) is 9.97 Å². The van der Waals surface area contributed by atoms with E-state index in [9.17, 15) is 9.59 Å². The fraction of sp³-hybridized carbons (Fsp3) is 0. The summed E-state index contributed by atoms with van der Waals surface area (Å²) in [5.74, 6) is -0.540. The van der Waals surface area contributed by atoms with Gasteiger partial charge in [0.05, 0.1) is 11.1 Å². The predicted octanol–water partition coefficient (Wildman–Crippen LogP) is 1.82. The minimum absolute atomic E-state index is 0.305. The zero-order valence-corrected chi connectivity index (χ0v) is 11.1. The van der Waals surface area contributed by atoms with Gasteiger partial charge in [-0.2, -0.15) is 4.98 Å². The molecule has 0 fully saturated rings. The second kappa shape index (κ2) is 4.82. The summed E-state index contributed by atoms with van der Waals surface area (Å²) in [6, 6.07) is 10.3. The van der Waals surface area contributed by atoms with Crippen LogP contribution in [0.1, 0.15) is 10.4 Å². The largest absolute Gasteiger partial charge is 0.366 e. The van der Waals surface area contributed by atoms with E-state index >= 15 is 0 Å². The summed E-state index contributed by atoms with van der Waals surface area (Å²) < 4.78 is 0.828. The van der Waals surface area contributed by atoms with Crippen LogP contribution in [0, 0.1) is 0 Å². The molecule has 0 bridgehead atoms. The molecule has 2 aromatic heterocycles. The third-order valence-corrected chi connectivity index (χ3v) is 3.86. The maximum Gasteiger partial charge on any atom is 0.279 e. The Bertz CT molecular complexity index is 873. The van der Waals surface area contributed by atoms with Gasteiger partial charge in [0.2, 0.25) is 5.91 Å². The van der Waals surface area contributed by atoms with Gasteiger partial charge in [-0.05, 0) is 24.3 Å². The summed E-state index contributed by atoms with van der Waals surface area (Å²) >= 11 is 1.35. The second-order valence-corrected chi connectivity index (χ2v) is 5.14. The van der Waals surface area contributed by atoms with E-state index in [-0.39, 0.29) is 5.56 Å². The molecule has 3 aromatic rings. The molecule has 1 amide bonds. The first kappa shape index (κ1) is 12.4. The van der Waals surface area contributed by atoms with Gasteiger partial charge in [0.25, 0.3) is 5.56 Å². The van der Waals surface area contributed by atoms with Crippen molar-refractivity contribution in [2.24, 2.45) is 5.73 Å². The Morgan fingerprint density at radius 2 is 2.00 bits per heavy atom. The average molecular weight is 283 g/mol. The number of hydrogen-bond donors (Lipinski definition) is 1. The number of carbonyl (C=O) groups is 1. The number of amides is 1. The number of pyridine rings is 1.